The molecule has 1 aliphatic rings. The Labute approximate surface area is 132 Å². The van der Waals surface area contributed by atoms with Gasteiger partial charge in [-0.25, -0.2) is 0 Å². The highest BCUT2D eigenvalue weighted by Crippen LogP contribution is 2.38. The van der Waals surface area contributed by atoms with Gasteiger partial charge < -0.3 is 10.5 Å². The van der Waals surface area contributed by atoms with Crippen molar-refractivity contribution >= 4 is 12.4 Å². The second kappa shape index (κ2) is 7.48. The van der Waals surface area contributed by atoms with Crippen molar-refractivity contribution in [3.8, 4) is 5.75 Å². The van der Waals surface area contributed by atoms with Gasteiger partial charge in [0.1, 0.15) is 12.4 Å². The van der Waals surface area contributed by atoms with Gasteiger partial charge in [-0.1, -0.05) is 61.4 Å². The summed E-state index contributed by atoms with van der Waals surface area (Å²) in [5.74, 6) is 1.75. The number of ether oxygens (including phenoxy) is 1. The third-order valence-electron chi connectivity index (χ3n) is 3.84. The average Bonchev–Trinajstić information content (AvgIpc) is 3.30. The van der Waals surface area contributed by atoms with Crippen molar-refractivity contribution in [3.05, 3.63) is 65.7 Å². The van der Waals surface area contributed by atoms with Gasteiger partial charge in [0.05, 0.1) is 0 Å². The Morgan fingerprint density at radius 3 is 2.38 bits per heavy atom. The van der Waals surface area contributed by atoms with Crippen LogP contribution >= 0.6 is 12.4 Å². The highest BCUT2D eigenvalue weighted by atomic mass is 35.5. The van der Waals surface area contributed by atoms with Crippen molar-refractivity contribution in [2.75, 3.05) is 0 Å². The van der Waals surface area contributed by atoms with E-state index in [1.54, 1.807) is 0 Å². The Hall–Kier alpha value is -1.51. The summed E-state index contributed by atoms with van der Waals surface area (Å²) in [6, 6.07) is 18.5. The molecule has 2 aromatic rings. The number of halogens is 1. The molecule has 0 radical (unpaired) electrons. The molecule has 0 unspecified atom stereocenters. The summed E-state index contributed by atoms with van der Waals surface area (Å²) in [4.78, 5) is 0. The summed E-state index contributed by atoms with van der Waals surface area (Å²) >= 11 is 0. The minimum Gasteiger partial charge on any atom is -0.489 e. The van der Waals surface area contributed by atoms with Crippen molar-refractivity contribution < 1.29 is 4.74 Å². The van der Waals surface area contributed by atoms with Crippen LogP contribution in [0.1, 0.15) is 36.4 Å². The average molecular weight is 304 g/mol. The molecule has 0 aromatic heterocycles. The van der Waals surface area contributed by atoms with Crippen LogP contribution in [0.4, 0.5) is 0 Å². The van der Waals surface area contributed by atoms with Crippen molar-refractivity contribution in [2.24, 2.45) is 11.7 Å². The SMILES string of the molecule is Cl.N[C@H](CC1CC1)c1ccccc1OCc1ccccc1. The maximum absolute atomic E-state index is 6.33. The molecule has 21 heavy (non-hydrogen) atoms. The third-order valence-corrected chi connectivity index (χ3v) is 3.84. The summed E-state index contributed by atoms with van der Waals surface area (Å²) in [5, 5.41) is 0. The molecule has 2 nitrogen and oxygen atoms in total. The first kappa shape index (κ1) is 15.9. The molecular weight excluding hydrogens is 282 g/mol. The largest absolute Gasteiger partial charge is 0.489 e. The second-order valence-corrected chi connectivity index (χ2v) is 5.60. The summed E-state index contributed by atoms with van der Waals surface area (Å²) in [6.45, 7) is 0.591. The highest BCUT2D eigenvalue weighted by molar-refractivity contribution is 5.85. The van der Waals surface area contributed by atoms with Crippen LogP contribution in [-0.4, -0.2) is 0 Å². The van der Waals surface area contributed by atoms with Gasteiger partial charge in [-0.05, 0) is 24.0 Å². The minimum atomic E-state index is 0. The molecule has 0 aliphatic heterocycles. The fourth-order valence-electron chi connectivity index (χ4n) is 2.49. The number of hydrogen-bond donors (Lipinski definition) is 1. The molecular formula is C18H22ClNO. The molecule has 0 amide bonds. The monoisotopic (exact) mass is 303 g/mol. The van der Waals surface area contributed by atoms with Gasteiger partial charge in [-0.15, -0.1) is 12.4 Å². The molecule has 0 bridgehead atoms. The Kier molecular flexibility index (Phi) is 5.66. The maximum atomic E-state index is 6.33. The van der Waals surface area contributed by atoms with E-state index in [1.165, 1.54) is 18.4 Å². The van der Waals surface area contributed by atoms with Crippen LogP contribution in [0.15, 0.2) is 54.6 Å². The predicted molar refractivity (Wildman–Crippen MR) is 88.7 cm³/mol. The third kappa shape index (κ3) is 4.48. The zero-order valence-electron chi connectivity index (χ0n) is 12.1. The Morgan fingerprint density at radius 2 is 1.67 bits per heavy atom. The molecule has 3 heteroatoms. The molecule has 1 fully saturated rings. The van der Waals surface area contributed by atoms with Gasteiger partial charge >= 0.3 is 0 Å². The molecule has 2 aromatic carbocycles. The summed E-state index contributed by atoms with van der Waals surface area (Å²) in [5.41, 5.74) is 8.64. The van der Waals surface area contributed by atoms with Crippen LogP contribution in [0.25, 0.3) is 0 Å². The van der Waals surface area contributed by atoms with Crippen LogP contribution in [-0.2, 0) is 6.61 Å². The Bertz CT molecular complexity index is 554. The number of hydrogen-bond acceptors (Lipinski definition) is 2. The van der Waals surface area contributed by atoms with E-state index in [1.807, 2.05) is 36.4 Å². The zero-order valence-corrected chi connectivity index (χ0v) is 12.9. The van der Waals surface area contributed by atoms with Gasteiger partial charge in [-0.2, -0.15) is 0 Å². The molecule has 0 saturated heterocycles. The summed E-state index contributed by atoms with van der Waals surface area (Å²) in [7, 11) is 0. The van der Waals surface area contributed by atoms with E-state index in [-0.39, 0.29) is 18.4 Å². The lowest BCUT2D eigenvalue weighted by atomic mass is 10.0. The predicted octanol–water partition coefficient (Wildman–Crippen LogP) is 4.49. The molecule has 1 aliphatic carbocycles. The van der Waals surface area contributed by atoms with Crippen molar-refractivity contribution in [2.45, 2.75) is 31.9 Å². The van der Waals surface area contributed by atoms with Crippen LogP contribution in [0, 0.1) is 5.92 Å². The molecule has 112 valence electrons. The number of nitrogens with two attached hydrogens (primary N) is 1. The maximum Gasteiger partial charge on any atom is 0.124 e. The first-order valence-corrected chi connectivity index (χ1v) is 7.34. The fraction of sp³-hybridized carbons (Fsp3) is 0.333. The van der Waals surface area contributed by atoms with Crippen LogP contribution in [0.2, 0.25) is 0 Å². The Balaban J connectivity index is 0.00000161. The molecule has 1 saturated carbocycles. The first-order valence-electron chi connectivity index (χ1n) is 7.34. The van der Waals surface area contributed by atoms with E-state index in [0.717, 1.165) is 23.7 Å². The first-order chi connectivity index (χ1) is 9.83. The van der Waals surface area contributed by atoms with Gasteiger partial charge in [0.15, 0.2) is 0 Å². The topological polar surface area (TPSA) is 35.2 Å². The van der Waals surface area contributed by atoms with Gasteiger partial charge in [0.2, 0.25) is 0 Å². The standard InChI is InChI=1S/C18H21NO.ClH/c19-17(12-14-10-11-14)16-8-4-5-9-18(16)20-13-15-6-2-1-3-7-15;/h1-9,14,17H,10-13,19H2;1H/t17-;/m1./s1. The van der Waals surface area contributed by atoms with Crippen molar-refractivity contribution in [1.29, 1.82) is 0 Å². The van der Waals surface area contributed by atoms with E-state index in [0.29, 0.717) is 6.61 Å². The molecule has 0 spiro atoms. The molecule has 1 atom stereocenters. The minimum absolute atomic E-state index is 0. The fourth-order valence-corrected chi connectivity index (χ4v) is 2.49. The Morgan fingerprint density at radius 1 is 1.00 bits per heavy atom. The molecule has 3 rings (SSSR count). The van der Waals surface area contributed by atoms with E-state index in [2.05, 4.69) is 18.2 Å². The molecule has 2 N–H and O–H groups in total. The lowest BCUT2D eigenvalue weighted by Crippen LogP contribution is -2.12. The van der Waals surface area contributed by atoms with Crippen LogP contribution in [0.3, 0.4) is 0 Å². The van der Waals surface area contributed by atoms with Crippen LogP contribution < -0.4 is 10.5 Å². The number of rotatable bonds is 6. The lowest BCUT2D eigenvalue weighted by molar-refractivity contribution is 0.300. The lowest BCUT2D eigenvalue weighted by Gasteiger charge is -2.17. The van der Waals surface area contributed by atoms with E-state index >= 15 is 0 Å². The number of benzene rings is 2. The molecule has 0 heterocycles. The summed E-state index contributed by atoms with van der Waals surface area (Å²) < 4.78 is 5.97. The van der Waals surface area contributed by atoms with Gasteiger partial charge in [-0.3, -0.25) is 0 Å². The normalized spacial score (nSPS) is 15.1. The van der Waals surface area contributed by atoms with Crippen molar-refractivity contribution in [3.63, 3.8) is 0 Å². The highest BCUT2D eigenvalue weighted by Gasteiger charge is 2.25. The quantitative estimate of drug-likeness (QED) is 0.853. The van der Waals surface area contributed by atoms with Crippen LogP contribution in [0.5, 0.6) is 5.75 Å². The second-order valence-electron chi connectivity index (χ2n) is 5.60. The van der Waals surface area contributed by atoms with E-state index < -0.39 is 0 Å². The van der Waals surface area contributed by atoms with Gasteiger partial charge in [0.25, 0.3) is 0 Å². The smallest absolute Gasteiger partial charge is 0.124 e. The summed E-state index contributed by atoms with van der Waals surface area (Å²) in [6.07, 6.45) is 3.74. The van der Waals surface area contributed by atoms with Gasteiger partial charge in [0, 0.05) is 11.6 Å². The zero-order chi connectivity index (χ0) is 13.8. The number of para-hydroxylation sites is 1. The van der Waals surface area contributed by atoms with Crippen molar-refractivity contribution in [1.82, 2.24) is 0 Å². The van der Waals surface area contributed by atoms with E-state index in [9.17, 15) is 0 Å². The van der Waals surface area contributed by atoms with E-state index in [4.69, 9.17) is 10.5 Å².